The van der Waals surface area contributed by atoms with E-state index in [-0.39, 0.29) is 23.0 Å². The molecule has 7 heteroatoms. The fourth-order valence-corrected chi connectivity index (χ4v) is 2.84. The van der Waals surface area contributed by atoms with Gasteiger partial charge in [0.05, 0.1) is 4.92 Å². The molecule has 2 aromatic carbocycles. The number of halogens is 1. The number of nitrogens with zero attached hydrogens (tertiary/aromatic N) is 1. The van der Waals surface area contributed by atoms with Crippen molar-refractivity contribution in [2.45, 2.75) is 13.3 Å². The van der Waals surface area contributed by atoms with Crippen LogP contribution in [0.25, 0.3) is 10.9 Å². The molecular weight excluding hydrogens is 325 g/mol. The summed E-state index contributed by atoms with van der Waals surface area (Å²) in [6.45, 7) is 2.24. The summed E-state index contributed by atoms with van der Waals surface area (Å²) in [6.07, 6.45) is 0.524. The summed E-state index contributed by atoms with van der Waals surface area (Å²) < 4.78 is 13.5. The molecule has 25 heavy (non-hydrogen) atoms. The highest BCUT2D eigenvalue weighted by Crippen LogP contribution is 2.23. The first kappa shape index (κ1) is 16.6. The fraction of sp³-hybridized carbons (Fsp3) is 0.167. The molecule has 1 aromatic heterocycles. The lowest BCUT2D eigenvalue weighted by Crippen LogP contribution is -2.25. The predicted molar refractivity (Wildman–Crippen MR) is 92.1 cm³/mol. The van der Waals surface area contributed by atoms with Crippen LogP contribution in [-0.4, -0.2) is 22.4 Å². The molecule has 0 saturated carbocycles. The third-order valence-electron chi connectivity index (χ3n) is 4.06. The Hall–Kier alpha value is -3.22. The zero-order valence-corrected chi connectivity index (χ0v) is 13.5. The molecule has 0 saturated heterocycles. The molecule has 0 aliphatic carbocycles. The predicted octanol–water partition coefficient (Wildman–Crippen LogP) is 3.50. The number of carbonyl (C=O) groups is 1. The second-order valence-corrected chi connectivity index (χ2v) is 5.73. The number of nitro groups is 1. The average Bonchev–Trinajstić information content (AvgIpc) is 2.90. The summed E-state index contributed by atoms with van der Waals surface area (Å²) >= 11 is 0. The number of aryl methyl sites for hydroxylation is 1. The normalized spacial score (nSPS) is 10.8. The molecular formula is C18H16FN3O3. The molecule has 3 rings (SSSR count). The van der Waals surface area contributed by atoms with E-state index in [9.17, 15) is 19.3 Å². The monoisotopic (exact) mass is 341 g/mol. The van der Waals surface area contributed by atoms with E-state index >= 15 is 0 Å². The van der Waals surface area contributed by atoms with E-state index in [1.807, 2.05) is 6.92 Å². The molecule has 0 aliphatic heterocycles. The summed E-state index contributed by atoms with van der Waals surface area (Å²) in [5.74, 6) is -0.694. The third-order valence-corrected chi connectivity index (χ3v) is 4.06. The van der Waals surface area contributed by atoms with Gasteiger partial charge in [0.25, 0.3) is 11.6 Å². The minimum Gasteiger partial charge on any atom is -0.358 e. The van der Waals surface area contributed by atoms with Gasteiger partial charge in [0.1, 0.15) is 5.82 Å². The first-order valence-corrected chi connectivity index (χ1v) is 7.75. The van der Waals surface area contributed by atoms with E-state index in [2.05, 4.69) is 10.3 Å². The van der Waals surface area contributed by atoms with Gasteiger partial charge in [-0.1, -0.05) is 6.07 Å². The highest BCUT2D eigenvalue weighted by molar-refractivity contribution is 5.94. The summed E-state index contributed by atoms with van der Waals surface area (Å²) in [5, 5.41) is 14.3. The Bertz CT molecular complexity index is 965. The third kappa shape index (κ3) is 3.50. The second-order valence-electron chi connectivity index (χ2n) is 5.73. The van der Waals surface area contributed by atoms with Crippen LogP contribution in [0.2, 0.25) is 0 Å². The van der Waals surface area contributed by atoms with Gasteiger partial charge in [-0.25, -0.2) is 4.39 Å². The molecule has 128 valence electrons. The van der Waals surface area contributed by atoms with E-state index in [1.54, 1.807) is 6.07 Å². The maximum atomic E-state index is 13.5. The van der Waals surface area contributed by atoms with E-state index in [0.717, 1.165) is 22.2 Å². The van der Waals surface area contributed by atoms with Gasteiger partial charge in [0.15, 0.2) is 0 Å². The minimum absolute atomic E-state index is 0.129. The van der Waals surface area contributed by atoms with Crippen molar-refractivity contribution in [1.82, 2.24) is 10.3 Å². The molecule has 0 bridgehead atoms. The average molecular weight is 341 g/mol. The number of H-pyrrole nitrogens is 1. The topological polar surface area (TPSA) is 88.0 Å². The molecule has 0 spiro atoms. The standard InChI is InChI=1S/C18H16FN3O3/c1-11-15(16-10-13(19)5-6-17(16)21-11)7-8-20-18(23)12-3-2-4-14(9-12)22(24)25/h2-6,9-10,21H,7-8H2,1H3,(H,20,23). The van der Waals surface area contributed by atoms with Crippen LogP contribution in [0.3, 0.4) is 0 Å². The first-order chi connectivity index (χ1) is 12.0. The largest absolute Gasteiger partial charge is 0.358 e. The number of benzene rings is 2. The van der Waals surface area contributed by atoms with Gasteiger partial charge >= 0.3 is 0 Å². The lowest BCUT2D eigenvalue weighted by molar-refractivity contribution is -0.384. The van der Waals surface area contributed by atoms with Gasteiger partial charge in [-0.2, -0.15) is 0 Å². The van der Waals surface area contributed by atoms with Crippen LogP contribution in [-0.2, 0) is 6.42 Å². The lowest BCUT2D eigenvalue weighted by Gasteiger charge is -2.06. The Morgan fingerprint density at radius 1 is 1.28 bits per heavy atom. The molecule has 0 unspecified atom stereocenters. The van der Waals surface area contributed by atoms with Crippen LogP contribution in [0.1, 0.15) is 21.6 Å². The van der Waals surface area contributed by atoms with Crippen LogP contribution in [0.5, 0.6) is 0 Å². The molecule has 1 amide bonds. The van der Waals surface area contributed by atoms with E-state index in [1.165, 1.54) is 36.4 Å². The van der Waals surface area contributed by atoms with Crippen molar-refractivity contribution in [2.24, 2.45) is 0 Å². The van der Waals surface area contributed by atoms with Crippen LogP contribution < -0.4 is 5.32 Å². The molecule has 0 radical (unpaired) electrons. The second kappa shape index (κ2) is 6.72. The van der Waals surface area contributed by atoms with Gasteiger partial charge in [-0.15, -0.1) is 0 Å². The number of nitro benzene ring substituents is 1. The van der Waals surface area contributed by atoms with Crippen molar-refractivity contribution < 1.29 is 14.1 Å². The number of carbonyl (C=O) groups excluding carboxylic acids is 1. The first-order valence-electron chi connectivity index (χ1n) is 7.75. The Morgan fingerprint density at radius 2 is 2.08 bits per heavy atom. The quantitative estimate of drug-likeness (QED) is 0.550. The van der Waals surface area contributed by atoms with Crippen LogP contribution >= 0.6 is 0 Å². The maximum absolute atomic E-state index is 13.5. The summed E-state index contributed by atoms with van der Waals surface area (Å²) in [4.78, 5) is 25.6. The number of aromatic nitrogens is 1. The van der Waals surface area contributed by atoms with Gasteiger partial charge in [-0.05, 0) is 43.2 Å². The molecule has 3 aromatic rings. The summed E-state index contributed by atoms with van der Waals surface area (Å²) in [5.41, 5.74) is 2.81. The SMILES string of the molecule is Cc1[nH]c2ccc(F)cc2c1CCNC(=O)c1cccc([N+](=O)[O-])c1. The minimum atomic E-state index is -0.541. The Labute approximate surface area is 142 Å². The molecule has 0 fully saturated rings. The number of non-ortho nitro benzene ring substituents is 1. The van der Waals surface area contributed by atoms with Crippen LogP contribution in [0, 0.1) is 22.9 Å². The summed E-state index contributed by atoms with van der Waals surface area (Å²) in [6, 6.07) is 10.1. The summed E-state index contributed by atoms with van der Waals surface area (Å²) in [7, 11) is 0. The Kier molecular flexibility index (Phi) is 4.47. The van der Waals surface area contributed by atoms with Gasteiger partial charge in [-0.3, -0.25) is 14.9 Å². The number of hydrogen-bond acceptors (Lipinski definition) is 3. The van der Waals surface area contributed by atoms with Crippen LogP contribution in [0.4, 0.5) is 10.1 Å². The van der Waals surface area contributed by atoms with Crippen molar-refractivity contribution in [3.8, 4) is 0 Å². The van der Waals surface area contributed by atoms with E-state index in [4.69, 9.17) is 0 Å². The smallest absolute Gasteiger partial charge is 0.270 e. The van der Waals surface area contributed by atoms with Crippen LogP contribution in [0.15, 0.2) is 42.5 Å². The van der Waals surface area contributed by atoms with Crippen molar-refractivity contribution in [2.75, 3.05) is 6.54 Å². The maximum Gasteiger partial charge on any atom is 0.270 e. The highest BCUT2D eigenvalue weighted by atomic mass is 19.1. The Balaban J connectivity index is 1.70. The van der Waals surface area contributed by atoms with E-state index in [0.29, 0.717) is 13.0 Å². The number of hydrogen-bond donors (Lipinski definition) is 2. The van der Waals surface area contributed by atoms with Crippen molar-refractivity contribution in [3.05, 3.63) is 75.2 Å². The molecule has 0 atom stereocenters. The van der Waals surface area contributed by atoms with Gasteiger partial charge in [0.2, 0.25) is 0 Å². The number of fused-ring (bicyclic) bond motifs is 1. The Morgan fingerprint density at radius 3 is 2.84 bits per heavy atom. The van der Waals surface area contributed by atoms with Crippen molar-refractivity contribution in [3.63, 3.8) is 0 Å². The van der Waals surface area contributed by atoms with Gasteiger partial charge < -0.3 is 10.3 Å². The zero-order chi connectivity index (χ0) is 18.0. The number of aromatic amines is 1. The molecule has 6 nitrogen and oxygen atoms in total. The molecule has 2 N–H and O–H groups in total. The number of rotatable bonds is 5. The molecule has 0 aliphatic rings. The van der Waals surface area contributed by atoms with E-state index < -0.39 is 4.92 Å². The number of nitrogens with one attached hydrogen (secondary N) is 2. The zero-order valence-electron chi connectivity index (χ0n) is 13.5. The van der Waals surface area contributed by atoms with Crippen molar-refractivity contribution >= 4 is 22.5 Å². The highest BCUT2D eigenvalue weighted by Gasteiger charge is 2.13. The molecule has 1 heterocycles. The van der Waals surface area contributed by atoms with Crippen molar-refractivity contribution in [1.29, 1.82) is 0 Å². The van der Waals surface area contributed by atoms with Gasteiger partial charge in [0, 0.05) is 40.8 Å². The number of amides is 1. The lowest BCUT2D eigenvalue weighted by atomic mass is 10.1. The fourth-order valence-electron chi connectivity index (χ4n) is 2.84.